The van der Waals surface area contributed by atoms with E-state index in [-0.39, 0.29) is 17.9 Å². The summed E-state index contributed by atoms with van der Waals surface area (Å²) in [7, 11) is 3.07. The van der Waals surface area contributed by atoms with Crippen LogP contribution in [0.4, 0.5) is 0 Å². The zero-order chi connectivity index (χ0) is 21.5. The highest BCUT2D eigenvalue weighted by molar-refractivity contribution is 5.89. The standard InChI is InChI=1S/C22H20N2O6/c1-28-19-8-6-14(10-20(19)29-2)11-21(25)24-23-13-17-7-9-18(30-17)15-4-3-5-16(12-15)22(26)27/h3-10,12-13H,11H2,1-2H3,(H,24,25)(H,26,27)/b23-13+. The van der Waals surface area contributed by atoms with Crippen molar-refractivity contribution in [2.75, 3.05) is 14.2 Å². The number of aromatic carboxylic acids is 1. The Hall–Kier alpha value is -4.07. The Morgan fingerprint density at radius 2 is 1.87 bits per heavy atom. The van der Waals surface area contributed by atoms with Crippen molar-refractivity contribution in [1.82, 2.24) is 5.43 Å². The van der Waals surface area contributed by atoms with Crippen molar-refractivity contribution in [3.8, 4) is 22.8 Å². The van der Waals surface area contributed by atoms with Gasteiger partial charge in [-0.25, -0.2) is 10.2 Å². The number of furan rings is 1. The van der Waals surface area contributed by atoms with Crippen molar-refractivity contribution in [1.29, 1.82) is 0 Å². The average Bonchev–Trinajstić information content (AvgIpc) is 3.22. The Balaban J connectivity index is 1.60. The summed E-state index contributed by atoms with van der Waals surface area (Å²) >= 11 is 0. The first-order valence-corrected chi connectivity index (χ1v) is 8.96. The molecule has 0 aliphatic rings. The number of benzene rings is 2. The number of carbonyl (C=O) groups excluding carboxylic acids is 1. The van der Waals surface area contributed by atoms with Crippen LogP contribution in [0.5, 0.6) is 11.5 Å². The topological polar surface area (TPSA) is 110 Å². The van der Waals surface area contributed by atoms with E-state index in [0.29, 0.717) is 28.6 Å². The lowest BCUT2D eigenvalue weighted by Crippen LogP contribution is -2.19. The third-order valence-electron chi connectivity index (χ3n) is 4.21. The van der Waals surface area contributed by atoms with Crippen LogP contribution in [0.2, 0.25) is 0 Å². The fourth-order valence-corrected chi connectivity index (χ4v) is 2.77. The molecule has 0 aliphatic heterocycles. The highest BCUT2D eigenvalue weighted by atomic mass is 16.5. The minimum atomic E-state index is -1.01. The lowest BCUT2D eigenvalue weighted by molar-refractivity contribution is -0.120. The number of hydrogen-bond acceptors (Lipinski definition) is 6. The molecule has 0 radical (unpaired) electrons. The Bertz CT molecular complexity index is 1090. The highest BCUT2D eigenvalue weighted by Crippen LogP contribution is 2.27. The van der Waals surface area contributed by atoms with E-state index in [4.69, 9.17) is 19.0 Å². The van der Waals surface area contributed by atoms with Gasteiger partial charge in [-0.15, -0.1) is 0 Å². The van der Waals surface area contributed by atoms with Gasteiger partial charge >= 0.3 is 5.97 Å². The van der Waals surface area contributed by atoms with E-state index in [2.05, 4.69) is 10.5 Å². The van der Waals surface area contributed by atoms with Crippen LogP contribution >= 0.6 is 0 Å². The summed E-state index contributed by atoms with van der Waals surface area (Å²) in [6.45, 7) is 0. The van der Waals surface area contributed by atoms with Crippen LogP contribution in [0.1, 0.15) is 21.7 Å². The number of nitrogens with zero attached hydrogens (tertiary/aromatic N) is 1. The first-order chi connectivity index (χ1) is 14.5. The molecular formula is C22H20N2O6. The number of nitrogens with one attached hydrogen (secondary N) is 1. The monoisotopic (exact) mass is 408 g/mol. The summed E-state index contributed by atoms with van der Waals surface area (Å²) in [6, 6.07) is 15.0. The molecule has 8 nitrogen and oxygen atoms in total. The van der Waals surface area contributed by atoms with Crippen molar-refractivity contribution in [2.45, 2.75) is 6.42 Å². The molecule has 30 heavy (non-hydrogen) atoms. The second-order valence-electron chi connectivity index (χ2n) is 6.25. The van der Waals surface area contributed by atoms with Crippen LogP contribution in [0.3, 0.4) is 0 Å². The lowest BCUT2D eigenvalue weighted by atomic mass is 10.1. The number of rotatable bonds is 8. The molecule has 0 saturated heterocycles. The molecule has 0 atom stereocenters. The average molecular weight is 408 g/mol. The van der Waals surface area contributed by atoms with E-state index >= 15 is 0 Å². The van der Waals surface area contributed by atoms with E-state index in [1.807, 2.05) is 0 Å². The van der Waals surface area contributed by atoms with Gasteiger partial charge in [-0.05, 0) is 42.0 Å². The molecule has 1 aromatic heterocycles. The van der Waals surface area contributed by atoms with E-state index in [1.165, 1.54) is 25.5 Å². The number of hydrazone groups is 1. The van der Waals surface area contributed by atoms with Gasteiger partial charge in [-0.2, -0.15) is 5.10 Å². The minimum absolute atomic E-state index is 0.114. The third kappa shape index (κ3) is 5.05. The van der Waals surface area contributed by atoms with Crippen LogP contribution in [0.25, 0.3) is 11.3 Å². The summed E-state index contributed by atoms with van der Waals surface area (Å²) in [5.74, 6) is 0.721. The molecule has 8 heteroatoms. The molecule has 2 aromatic carbocycles. The molecule has 3 aromatic rings. The molecule has 0 bridgehead atoms. The number of methoxy groups -OCH3 is 2. The minimum Gasteiger partial charge on any atom is -0.493 e. The van der Waals surface area contributed by atoms with Gasteiger partial charge in [0.2, 0.25) is 5.91 Å². The van der Waals surface area contributed by atoms with E-state index in [9.17, 15) is 9.59 Å². The maximum absolute atomic E-state index is 12.1. The molecule has 1 amide bonds. The molecular weight excluding hydrogens is 388 g/mol. The summed E-state index contributed by atoms with van der Waals surface area (Å²) in [5.41, 5.74) is 3.99. The van der Waals surface area contributed by atoms with Gasteiger partial charge in [0.1, 0.15) is 11.5 Å². The van der Waals surface area contributed by atoms with Gasteiger partial charge in [-0.3, -0.25) is 4.79 Å². The summed E-state index contributed by atoms with van der Waals surface area (Å²) in [5, 5.41) is 13.0. The fourth-order valence-electron chi connectivity index (χ4n) is 2.77. The van der Waals surface area contributed by atoms with Crippen LogP contribution in [-0.4, -0.2) is 37.4 Å². The van der Waals surface area contributed by atoms with Crippen molar-refractivity contribution in [2.24, 2.45) is 5.10 Å². The maximum atomic E-state index is 12.1. The van der Waals surface area contributed by atoms with Crippen molar-refractivity contribution < 1.29 is 28.6 Å². The van der Waals surface area contributed by atoms with Gasteiger partial charge in [-0.1, -0.05) is 18.2 Å². The van der Waals surface area contributed by atoms with Crippen LogP contribution in [0.15, 0.2) is 64.1 Å². The Kier molecular flexibility index (Phi) is 6.49. The SMILES string of the molecule is COc1ccc(CC(=O)N/N=C/c2ccc(-c3cccc(C(=O)O)c3)o2)cc1OC. The number of hydrogen-bond donors (Lipinski definition) is 2. The van der Waals surface area contributed by atoms with Crippen LogP contribution < -0.4 is 14.9 Å². The summed E-state index contributed by atoms with van der Waals surface area (Å²) < 4.78 is 16.0. The molecule has 2 N–H and O–H groups in total. The predicted octanol–water partition coefficient (Wildman–Crippen LogP) is 3.35. The Morgan fingerprint density at radius 1 is 1.07 bits per heavy atom. The van der Waals surface area contributed by atoms with Crippen molar-refractivity contribution in [3.63, 3.8) is 0 Å². The second kappa shape index (κ2) is 9.42. The van der Waals surface area contributed by atoms with Crippen molar-refractivity contribution in [3.05, 3.63) is 71.5 Å². The Morgan fingerprint density at radius 3 is 2.60 bits per heavy atom. The quantitative estimate of drug-likeness (QED) is 0.437. The fraction of sp³-hybridized carbons (Fsp3) is 0.136. The van der Waals surface area contributed by atoms with E-state index < -0.39 is 5.97 Å². The zero-order valence-corrected chi connectivity index (χ0v) is 16.4. The van der Waals surface area contributed by atoms with Gasteiger partial charge < -0.3 is 19.0 Å². The van der Waals surface area contributed by atoms with Gasteiger partial charge in [0.05, 0.1) is 32.4 Å². The van der Waals surface area contributed by atoms with Gasteiger partial charge in [0.25, 0.3) is 0 Å². The van der Waals surface area contributed by atoms with Crippen LogP contribution in [-0.2, 0) is 11.2 Å². The first-order valence-electron chi connectivity index (χ1n) is 8.96. The highest BCUT2D eigenvalue weighted by Gasteiger charge is 2.09. The first kappa shape index (κ1) is 20.7. The molecule has 0 saturated carbocycles. The smallest absolute Gasteiger partial charge is 0.335 e. The number of carboxylic acid groups (broad SMARTS) is 1. The van der Waals surface area contributed by atoms with Crippen molar-refractivity contribution >= 4 is 18.1 Å². The molecule has 1 heterocycles. The number of carbonyl (C=O) groups is 2. The normalized spacial score (nSPS) is 10.7. The zero-order valence-electron chi connectivity index (χ0n) is 16.4. The summed E-state index contributed by atoms with van der Waals surface area (Å²) in [4.78, 5) is 23.2. The molecule has 154 valence electrons. The third-order valence-corrected chi connectivity index (χ3v) is 4.21. The predicted molar refractivity (Wildman–Crippen MR) is 110 cm³/mol. The molecule has 0 unspecified atom stereocenters. The molecule has 3 rings (SSSR count). The van der Waals surface area contributed by atoms with E-state index in [0.717, 1.165) is 5.56 Å². The largest absolute Gasteiger partial charge is 0.493 e. The number of ether oxygens (including phenoxy) is 2. The molecule has 0 aliphatic carbocycles. The molecule has 0 spiro atoms. The van der Waals surface area contributed by atoms with E-state index in [1.54, 1.807) is 49.6 Å². The van der Waals surface area contributed by atoms with Gasteiger partial charge in [0.15, 0.2) is 11.5 Å². The lowest BCUT2D eigenvalue weighted by Gasteiger charge is -2.09. The summed E-state index contributed by atoms with van der Waals surface area (Å²) in [6.07, 6.45) is 1.49. The molecule has 0 fully saturated rings. The number of carboxylic acids is 1. The van der Waals surface area contributed by atoms with Gasteiger partial charge in [0, 0.05) is 5.56 Å². The second-order valence-corrected chi connectivity index (χ2v) is 6.25. The number of amides is 1. The Labute approximate surface area is 172 Å². The van der Waals surface area contributed by atoms with Crippen LogP contribution in [0, 0.1) is 0 Å². The maximum Gasteiger partial charge on any atom is 0.335 e.